The van der Waals surface area contributed by atoms with Gasteiger partial charge >= 0.3 is 6.09 Å². The van der Waals surface area contributed by atoms with Crippen molar-refractivity contribution in [2.45, 2.75) is 45.4 Å². The molecule has 2 unspecified atom stereocenters. The third-order valence-corrected chi connectivity index (χ3v) is 5.06. The van der Waals surface area contributed by atoms with Crippen LogP contribution in [0.25, 0.3) is 0 Å². The van der Waals surface area contributed by atoms with E-state index in [1.165, 1.54) is 0 Å². The monoisotopic (exact) mass is 416 g/mol. The molecule has 8 heteroatoms. The molecule has 0 spiro atoms. The van der Waals surface area contributed by atoms with Crippen molar-refractivity contribution in [1.29, 1.82) is 0 Å². The van der Waals surface area contributed by atoms with Gasteiger partial charge in [0.15, 0.2) is 0 Å². The van der Waals surface area contributed by atoms with Crippen LogP contribution in [0.2, 0.25) is 0 Å². The average molecular weight is 416 g/mol. The zero-order chi connectivity index (χ0) is 21.3. The first-order chi connectivity index (χ1) is 14.6. The van der Waals surface area contributed by atoms with E-state index in [4.69, 9.17) is 9.47 Å². The van der Waals surface area contributed by atoms with Gasteiger partial charge in [-0.05, 0) is 18.4 Å². The smallest absolute Gasteiger partial charge is 0.410 e. The SMILES string of the molecule is CCc1cnc(CC)c(NC2CN(C(=O)OCc3ccccc3)CC2OCCF)n1. The summed E-state index contributed by atoms with van der Waals surface area (Å²) in [5.74, 6) is 0.690. The molecule has 0 bridgehead atoms. The second kappa shape index (κ2) is 10.9. The van der Waals surface area contributed by atoms with Crippen molar-refractivity contribution in [3.05, 3.63) is 53.5 Å². The summed E-state index contributed by atoms with van der Waals surface area (Å²) in [6.45, 7) is 4.35. The van der Waals surface area contributed by atoms with E-state index in [0.717, 1.165) is 29.8 Å². The second-order valence-corrected chi connectivity index (χ2v) is 7.16. The van der Waals surface area contributed by atoms with E-state index in [9.17, 15) is 9.18 Å². The van der Waals surface area contributed by atoms with Crippen LogP contribution in [-0.2, 0) is 28.9 Å². The Hall–Kier alpha value is -2.74. The largest absolute Gasteiger partial charge is 0.445 e. The summed E-state index contributed by atoms with van der Waals surface area (Å²) in [4.78, 5) is 23.3. The molecule has 1 fully saturated rings. The number of benzene rings is 1. The van der Waals surface area contributed by atoms with Gasteiger partial charge in [0.1, 0.15) is 19.1 Å². The highest BCUT2D eigenvalue weighted by molar-refractivity contribution is 5.68. The number of anilines is 1. The number of carbonyl (C=O) groups excluding carboxylic acids is 1. The van der Waals surface area contributed by atoms with Crippen LogP contribution in [0.4, 0.5) is 15.0 Å². The molecule has 7 nitrogen and oxygen atoms in total. The quantitative estimate of drug-likeness (QED) is 0.675. The number of ether oxygens (including phenoxy) is 2. The number of alkyl halides is 1. The molecule has 1 N–H and O–H groups in total. The molecule has 2 aromatic rings. The molecular weight excluding hydrogens is 387 g/mol. The van der Waals surface area contributed by atoms with Crippen LogP contribution >= 0.6 is 0 Å². The van der Waals surface area contributed by atoms with Crippen molar-refractivity contribution in [3.8, 4) is 0 Å². The Balaban J connectivity index is 1.67. The maximum atomic E-state index is 12.7. The van der Waals surface area contributed by atoms with E-state index in [-0.39, 0.29) is 25.4 Å². The summed E-state index contributed by atoms with van der Waals surface area (Å²) < 4.78 is 23.8. The van der Waals surface area contributed by atoms with Gasteiger partial charge in [-0.2, -0.15) is 0 Å². The highest BCUT2D eigenvalue weighted by Gasteiger charge is 2.37. The number of nitrogens with zero attached hydrogens (tertiary/aromatic N) is 3. The lowest BCUT2D eigenvalue weighted by Crippen LogP contribution is -2.35. The number of aryl methyl sites for hydroxylation is 2. The first-order valence-corrected chi connectivity index (χ1v) is 10.4. The molecule has 162 valence electrons. The van der Waals surface area contributed by atoms with Gasteiger partial charge in [0.25, 0.3) is 0 Å². The molecule has 1 aliphatic rings. The molecule has 2 heterocycles. The standard InChI is InChI=1S/C22H29FN4O3/c1-3-17-12-24-18(4-2)21(25-17)26-19-13-27(14-20(19)29-11-10-23)22(28)30-15-16-8-6-5-7-9-16/h5-9,12,19-20H,3-4,10-11,13-15H2,1-2H3,(H,25,26). The van der Waals surface area contributed by atoms with Crippen molar-refractivity contribution >= 4 is 11.9 Å². The van der Waals surface area contributed by atoms with E-state index >= 15 is 0 Å². The Labute approximate surface area is 176 Å². The van der Waals surface area contributed by atoms with Crippen molar-refractivity contribution in [2.24, 2.45) is 0 Å². The maximum absolute atomic E-state index is 12.7. The fourth-order valence-corrected chi connectivity index (χ4v) is 3.41. The van der Waals surface area contributed by atoms with Gasteiger partial charge in [-0.1, -0.05) is 44.2 Å². The number of carbonyl (C=O) groups is 1. The third kappa shape index (κ3) is 5.66. The number of rotatable bonds is 9. The summed E-state index contributed by atoms with van der Waals surface area (Å²) in [6.07, 6.45) is 2.51. The summed E-state index contributed by atoms with van der Waals surface area (Å²) in [7, 11) is 0. The fourth-order valence-electron chi connectivity index (χ4n) is 3.41. The van der Waals surface area contributed by atoms with E-state index in [0.29, 0.717) is 18.9 Å². The molecule has 1 saturated heterocycles. The van der Waals surface area contributed by atoms with Crippen LogP contribution in [0.15, 0.2) is 36.5 Å². The lowest BCUT2D eigenvalue weighted by Gasteiger charge is -2.21. The van der Waals surface area contributed by atoms with Gasteiger partial charge in [-0.3, -0.25) is 4.98 Å². The molecular formula is C22H29FN4O3. The molecule has 1 aromatic heterocycles. The van der Waals surface area contributed by atoms with Gasteiger partial charge in [0.05, 0.1) is 36.7 Å². The number of likely N-dealkylation sites (tertiary alicyclic amines) is 1. The molecule has 1 amide bonds. The summed E-state index contributed by atoms with van der Waals surface area (Å²) in [5, 5.41) is 3.38. The van der Waals surface area contributed by atoms with Gasteiger partial charge in [0.2, 0.25) is 0 Å². The molecule has 3 rings (SSSR count). The third-order valence-electron chi connectivity index (χ3n) is 5.06. The Morgan fingerprint density at radius 3 is 2.73 bits per heavy atom. The number of halogens is 1. The summed E-state index contributed by atoms with van der Waals surface area (Å²) >= 11 is 0. The van der Waals surface area contributed by atoms with Gasteiger partial charge < -0.3 is 19.7 Å². The van der Waals surface area contributed by atoms with Gasteiger partial charge in [-0.15, -0.1) is 0 Å². The molecule has 0 aliphatic carbocycles. The normalized spacial score (nSPS) is 18.4. The number of hydrogen-bond acceptors (Lipinski definition) is 6. The predicted octanol–water partition coefficient (Wildman–Crippen LogP) is 3.39. The first-order valence-electron chi connectivity index (χ1n) is 10.4. The van der Waals surface area contributed by atoms with Crippen LogP contribution in [-0.4, -0.2) is 59.5 Å². The highest BCUT2D eigenvalue weighted by Crippen LogP contribution is 2.21. The number of aromatic nitrogens is 2. The molecule has 0 saturated carbocycles. The Morgan fingerprint density at radius 2 is 2.03 bits per heavy atom. The fraction of sp³-hybridized carbons (Fsp3) is 0.500. The van der Waals surface area contributed by atoms with Crippen molar-refractivity contribution in [3.63, 3.8) is 0 Å². The Bertz CT molecular complexity index is 821. The summed E-state index contributed by atoms with van der Waals surface area (Å²) in [5.41, 5.74) is 2.65. The topological polar surface area (TPSA) is 76.6 Å². The van der Waals surface area contributed by atoms with Gasteiger partial charge in [0, 0.05) is 12.7 Å². The van der Waals surface area contributed by atoms with Crippen molar-refractivity contribution in [2.75, 3.05) is 31.7 Å². The minimum absolute atomic E-state index is 0.0168. The lowest BCUT2D eigenvalue weighted by molar-refractivity contribution is 0.0424. The molecule has 2 atom stereocenters. The van der Waals surface area contributed by atoms with Crippen LogP contribution in [0.3, 0.4) is 0 Å². The minimum atomic E-state index is -0.576. The van der Waals surface area contributed by atoms with E-state index in [1.54, 1.807) is 11.1 Å². The average Bonchev–Trinajstić information content (AvgIpc) is 3.19. The van der Waals surface area contributed by atoms with E-state index in [2.05, 4.69) is 15.3 Å². The highest BCUT2D eigenvalue weighted by atomic mass is 19.1. The van der Waals surface area contributed by atoms with Crippen LogP contribution in [0.1, 0.15) is 30.8 Å². The molecule has 30 heavy (non-hydrogen) atoms. The number of nitrogens with one attached hydrogen (secondary N) is 1. The Kier molecular flexibility index (Phi) is 7.96. The van der Waals surface area contributed by atoms with Crippen molar-refractivity contribution in [1.82, 2.24) is 14.9 Å². The number of amides is 1. The van der Waals surface area contributed by atoms with Crippen LogP contribution in [0, 0.1) is 0 Å². The Morgan fingerprint density at radius 1 is 1.23 bits per heavy atom. The second-order valence-electron chi connectivity index (χ2n) is 7.16. The first kappa shape index (κ1) is 22.0. The van der Waals surface area contributed by atoms with E-state index < -0.39 is 12.8 Å². The van der Waals surface area contributed by atoms with Crippen LogP contribution < -0.4 is 5.32 Å². The molecule has 1 aromatic carbocycles. The minimum Gasteiger partial charge on any atom is -0.445 e. The van der Waals surface area contributed by atoms with Crippen LogP contribution in [0.5, 0.6) is 0 Å². The zero-order valence-corrected chi connectivity index (χ0v) is 17.5. The van der Waals surface area contributed by atoms with Gasteiger partial charge in [-0.25, -0.2) is 14.2 Å². The van der Waals surface area contributed by atoms with Crippen molar-refractivity contribution < 1.29 is 18.7 Å². The predicted molar refractivity (Wildman–Crippen MR) is 112 cm³/mol. The summed E-state index contributed by atoms with van der Waals surface area (Å²) in [6, 6.07) is 9.29. The molecule has 1 aliphatic heterocycles. The maximum Gasteiger partial charge on any atom is 0.410 e. The van der Waals surface area contributed by atoms with E-state index in [1.807, 2.05) is 44.2 Å². The lowest BCUT2D eigenvalue weighted by atomic mass is 10.2. The number of hydrogen-bond donors (Lipinski definition) is 1. The zero-order valence-electron chi connectivity index (χ0n) is 17.5. The molecule has 0 radical (unpaired) electrons.